The zero-order valence-corrected chi connectivity index (χ0v) is 9.01. The molecule has 5 atom stereocenters. The van der Waals surface area contributed by atoms with Crippen molar-refractivity contribution in [3.8, 4) is 0 Å². The first-order chi connectivity index (χ1) is 7.51. The van der Waals surface area contributed by atoms with Crippen LogP contribution in [-0.2, 0) is 19.1 Å². The number of ketones is 2. The minimum Gasteiger partial charge on any atom is -0.384 e. The molecule has 16 heavy (non-hydrogen) atoms. The summed E-state index contributed by atoms with van der Waals surface area (Å²) in [5.41, 5.74) is -1.22. The third-order valence-corrected chi connectivity index (χ3v) is 3.91. The Bertz CT molecular complexity index is 365. The van der Waals surface area contributed by atoms with Crippen molar-refractivity contribution >= 4 is 11.6 Å². The van der Waals surface area contributed by atoms with Gasteiger partial charge in [-0.15, -0.1) is 0 Å². The van der Waals surface area contributed by atoms with Gasteiger partial charge in [-0.3, -0.25) is 9.59 Å². The largest absolute Gasteiger partial charge is 0.384 e. The van der Waals surface area contributed by atoms with E-state index in [2.05, 4.69) is 0 Å². The van der Waals surface area contributed by atoms with E-state index < -0.39 is 17.8 Å². The standard InChI is InChI=1S/C11H14O5/c1-5(12)9-6-2-11(14,3-7(9)13)10-15-4-8(6)16-10/h6,8-10,14H,2-4H2,1H3/t6-,8-,9-,10-,11-/m1/s1. The van der Waals surface area contributed by atoms with Crippen LogP contribution in [0, 0.1) is 11.8 Å². The number of carbonyl (C=O) groups excluding carboxylic acids is 2. The summed E-state index contributed by atoms with van der Waals surface area (Å²) in [5, 5.41) is 10.3. The minimum absolute atomic E-state index is 0.0366. The van der Waals surface area contributed by atoms with Gasteiger partial charge in [0.05, 0.1) is 18.6 Å². The van der Waals surface area contributed by atoms with Crippen molar-refractivity contribution in [2.45, 2.75) is 37.8 Å². The van der Waals surface area contributed by atoms with E-state index in [0.717, 1.165) is 0 Å². The van der Waals surface area contributed by atoms with Crippen LogP contribution in [0.3, 0.4) is 0 Å². The molecule has 2 aliphatic heterocycles. The Balaban J connectivity index is 1.99. The second-order valence-electron chi connectivity index (χ2n) is 5.04. The number of aliphatic hydroxyl groups is 1. The molecule has 88 valence electrons. The topological polar surface area (TPSA) is 72.8 Å². The van der Waals surface area contributed by atoms with Crippen LogP contribution in [-0.4, -0.2) is 41.3 Å². The molecule has 3 aliphatic rings. The van der Waals surface area contributed by atoms with E-state index in [1.807, 2.05) is 0 Å². The monoisotopic (exact) mass is 226 g/mol. The molecule has 2 saturated heterocycles. The molecule has 0 spiro atoms. The fourth-order valence-corrected chi connectivity index (χ4v) is 3.23. The molecule has 0 amide bonds. The lowest BCUT2D eigenvalue weighted by atomic mass is 9.66. The summed E-state index contributed by atoms with van der Waals surface area (Å²) in [6.07, 6.45) is -0.516. The Morgan fingerprint density at radius 3 is 3.00 bits per heavy atom. The fraction of sp³-hybridized carbons (Fsp3) is 0.818. The van der Waals surface area contributed by atoms with E-state index in [9.17, 15) is 14.7 Å². The van der Waals surface area contributed by atoms with Crippen LogP contribution in [0.2, 0.25) is 0 Å². The highest BCUT2D eigenvalue weighted by Gasteiger charge is 2.60. The summed E-state index contributed by atoms with van der Waals surface area (Å²) in [7, 11) is 0. The van der Waals surface area contributed by atoms with Gasteiger partial charge in [0.15, 0.2) is 6.29 Å². The molecule has 0 aromatic carbocycles. The lowest BCUT2D eigenvalue weighted by molar-refractivity contribution is -0.240. The van der Waals surface area contributed by atoms with Crippen LogP contribution in [0.25, 0.3) is 0 Å². The molecule has 3 fully saturated rings. The first-order valence-electron chi connectivity index (χ1n) is 5.54. The van der Waals surface area contributed by atoms with Crippen LogP contribution in [0.4, 0.5) is 0 Å². The summed E-state index contributed by atoms with van der Waals surface area (Å²) in [4.78, 5) is 23.4. The number of ether oxygens (including phenoxy) is 2. The molecule has 3 rings (SSSR count). The first kappa shape index (κ1) is 10.4. The van der Waals surface area contributed by atoms with Crippen molar-refractivity contribution in [3.63, 3.8) is 0 Å². The molecule has 0 aromatic heterocycles. The molecule has 4 bridgehead atoms. The van der Waals surface area contributed by atoms with Crippen molar-refractivity contribution < 1.29 is 24.2 Å². The van der Waals surface area contributed by atoms with E-state index in [-0.39, 0.29) is 30.0 Å². The van der Waals surface area contributed by atoms with Crippen LogP contribution in [0.5, 0.6) is 0 Å². The second-order valence-corrected chi connectivity index (χ2v) is 5.04. The Labute approximate surface area is 92.7 Å². The van der Waals surface area contributed by atoms with E-state index in [1.165, 1.54) is 6.92 Å². The summed E-state index contributed by atoms with van der Waals surface area (Å²) in [6, 6.07) is 0. The maximum atomic E-state index is 11.9. The van der Waals surface area contributed by atoms with Crippen LogP contribution < -0.4 is 0 Å². The lowest BCUT2D eigenvalue weighted by Gasteiger charge is -2.46. The van der Waals surface area contributed by atoms with E-state index in [0.29, 0.717) is 13.0 Å². The van der Waals surface area contributed by atoms with Gasteiger partial charge in [-0.1, -0.05) is 0 Å². The Hall–Kier alpha value is -0.780. The van der Waals surface area contributed by atoms with Crippen molar-refractivity contribution in [3.05, 3.63) is 0 Å². The molecule has 2 heterocycles. The Morgan fingerprint density at radius 2 is 2.31 bits per heavy atom. The fourth-order valence-electron chi connectivity index (χ4n) is 3.23. The summed E-state index contributed by atoms with van der Waals surface area (Å²) >= 11 is 0. The van der Waals surface area contributed by atoms with Crippen molar-refractivity contribution in [1.82, 2.24) is 0 Å². The summed E-state index contributed by atoms with van der Waals surface area (Å²) in [5.74, 6) is -1.14. The second kappa shape index (κ2) is 3.12. The Kier molecular flexibility index (Phi) is 2.02. The summed E-state index contributed by atoms with van der Waals surface area (Å²) in [6.45, 7) is 1.80. The van der Waals surface area contributed by atoms with Crippen molar-refractivity contribution in [1.29, 1.82) is 0 Å². The van der Waals surface area contributed by atoms with Gasteiger partial charge in [-0.25, -0.2) is 0 Å². The zero-order valence-electron chi connectivity index (χ0n) is 9.01. The average Bonchev–Trinajstić information content (AvgIpc) is 2.60. The van der Waals surface area contributed by atoms with Gasteiger partial charge in [0.1, 0.15) is 17.2 Å². The van der Waals surface area contributed by atoms with E-state index in [1.54, 1.807) is 0 Å². The third-order valence-electron chi connectivity index (χ3n) is 3.91. The van der Waals surface area contributed by atoms with Crippen LogP contribution in [0.1, 0.15) is 19.8 Å². The molecule has 0 aromatic rings. The summed E-state index contributed by atoms with van der Waals surface area (Å²) < 4.78 is 10.9. The normalized spacial score (nSPS) is 50.5. The minimum atomic E-state index is -1.22. The zero-order chi connectivity index (χ0) is 11.5. The first-order valence-corrected chi connectivity index (χ1v) is 5.54. The number of hydrogen-bond acceptors (Lipinski definition) is 5. The smallest absolute Gasteiger partial charge is 0.187 e. The van der Waals surface area contributed by atoms with Gasteiger partial charge in [-0.2, -0.15) is 0 Å². The molecule has 0 unspecified atom stereocenters. The number of hydrogen-bond donors (Lipinski definition) is 1. The quantitative estimate of drug-likeness (QED) is 0.619. The molecule has 1 aliphatic carbocycles. The third kappa shape index (κ3) is 1.22. The average molecular weight is 226 g/mol. The van der Waals surface area contributed by atoms with Gasteiger partial charge in [0, 0.05) is 12.3 Å². The molecule has 5 heteroatoms. The highest BCUT2D eigenvalue weighted by molar-refractivity contribution is 6.02. The molecule has 1 N–H and O–H groups in total. The molecular weight excluding hydrogens is 212 g/mol. The van der Waals surface area contributed by atoms with Gasteiger partial charge in [0.25, 0.3) is 0 Å². The number of fused-ring (bicyclic) bond motifs is 6. The maximum absolute atomic E-state index is 11.9. The highest BCUT2D eigenvalue weighted by atomic mass is 16.7. The number of Topliss-reactive ketones (excluding diaryl/α,β-unsaturated/α-hetero) is 2. The Morgan fingerprint density at radius 1 is 1.56 bits per heavy atom. The van der Waals surface area contributed by atoms with Gasteiger partial charge in [-0.05, 0) is 13.3 Å². The molecule has 1 saturated carbocycles. The number of carbonyl (C=O) groups is 2. The van der Waals surface area contributed by atoms with Crippen molar-refractivity contribution in [2.24, 2.45) is 11.8 Å². The van der Waals surface area contributed by atoms with Gasteiger partial charge >= 0.3 is 0 Å². The number of rotatable bonds is 1. The predicted molar refractivity (Wildman–Crippen MR) is 51.5 cm³/mol. The predicted octanol–water partition coefficient (Wildman–Crippen LogP) is -0.343. The molecule has 5 nitrogen and oxygen atoms in total. The van der Waals surface area contributed by atoms with E-state index >= 15 is 0 Å². The SMILES string of the molecule is CC(=O)[C@H]1C(=O)C[C@]2(O)C[C@@H]1[C@H]1CO[C@@H]2O1. The van der Waals surface area contributed by atoms with Crippen molar-refractivity contribution in [2.75, 3.05) is 6.61 Å². The lowest BCUT2D eigenvalue weighted by Crippen LogP contribution is -2.59. The van der Waals surface area contributed by atoms with Crippen LogP contribution in [0.15, 0.2) is 0 Å². The van der Waals surface area contributed by atoms with Gasteiger partial charge in [0.2, 0.25) is 0 Å². The molecule has 0 radical (unpaired) electrons. The maximum Gasteiger partial charge on any atom is 0.187 e. The van der Waals surface area contributed by atoms with Gasteiger partial charge < -0.3 is 14.6 Å². The highest BCUT2D eigenvalue weighted by Crippen LogP contribution is 2.48. The molecular formula is C11H14O5. The van der Waals surface area contributed by atoms with E-state index in [4.69, 9.17) is 9.47 Å². The van der Waals surface area contributed by atoms with Crippen LogP contribution >= 0.6 is 0 Å².